The van der Waals surface area contributed by atoms with Crippen LogP contribution in [0.1, 0.15) is 51.1 Å². The van der Waals surface area contributed by atoms with E-state index in [1.165, 1.54) is 0 Å². The fourth-order valence-electron chi connectivity index (χ4n) is 2.88. The van der Waals surface area contributed by atoms with Crippen LogP contribution in [0, 0.1) is 5.92 Å². The highest BCUT2D eigenvalue weighted by Gasteiger charge is 2.27. The lowest BCUT2D eigenvalue weighted by Gasteiger charge is -2.27. The zero-order valence-electron chi connectivity index (χ0n) is 11.9. The molecule has 1 aromatic rings. The van der Waals surface area contributed by atoms with Gasteiger partial charge in [0.2, 0.25) is 5.91 Å². The summed E-state index contributed by atoms with van der Waals surface area (Å²) in [4.78, 5) is 14.6. The highest BCUT2D eigenvalue weighted by Crippen LogP contribution is 2.32. The van der Waals surface area contributed by atoms with Crippen molar-refractivity contribution in [1.29, 1.82) is 0 Å². The van der Waals surface area contributed by atoms with Gasteiger partial charge in [0.1, 0.15) is 0 Å². The summed E-state index contributed by atoms with van der Waals surface area (Å²) in [6.07, 6.45) is 3.73. The van der Waals surface area contributed by atoms with E-state index in [2.05, 4.69) is 19.9 Å². The number of anilines is 1. The van der Waals surface area contributed by atoms with Crippen molar-refractivity contribution in [2.75, 3.05) is 11.4 Å². The fourth-order valence-corrected chi connectivity index (χ4v) is 2.88. The van der Waals surface area contributed by atoms with Gasteiger partial charge in [-0.05, 0) is 37.3 Å². The quantitative estimate of drug-likeness (QED) is 0.906. The van der Waals surface area contributed by atoms with Crippen LogP contribution >= 0.6 is 0 Å². The average molecular weight is 260 g/mol. The summed E-state index contributed by atoms with van der Waals surface area (Å²) in [5, 5.41) is 0. The summed E-state index contributed by atoms with van der Waals surface area (Å²) < 4.78 is 0. The molecule has 0 radical (unpaired) electrons. The van der Waals surface area contributed by atoms with Gasteiger partial charge in [-0.25, -0.2) is 0 Å². The Morgan fingerprint density at radius 2 is 2.05 bits per heavy atom. The summed E-state index contributed by atoms with van der Waals surface area (Å²) in [5.41, 5.74) is 8.34. The lowest BCUT2D eigenvalue weighted by Crippen LogP contribution is -2.36. The number of carbonyl (C=O) groups excluding carboxylic acids is 1. The van der Waals surface area contributed by atoms with Crippen molar-refractivity contribution < 1.29 is 4.79 Å². The van der Waals surface area contributed by atoms with Crippen LogP contribution < -0.4 is 10.6 Å². The Kier molecular flexibility index (Phi) is 4.59. The van der Waals surface area contributed by atoms with Crippen LogP contribution in [-0.2, 0) is 4.79 Å². The summed E-state index contributed by atoms with van der Waals surface area (Å²) in [7, 11) is 0. The van der Waals surface area contributed by atoms with Crippen molar-refractivity contribution in [2.45, 2.75) is 45.6 Å². The lowest BCUT2D eigenvalue weighted by molar-refractivity contribution is -0.122. The van der Waals surface area contributed by atoms with Gasteiger partial charge in [0.05, 0.1) is 0 Å². The first-order valence-electron chi connectivity index (χ1n) is 7.34. The third-order valence-electron chi connectivity index (χ3n) is 4.12. The van der Waals surface area contributed by atoms with Crippen LogP contribution in [-0.4, -0.2) is 12.5 Å². The predicted octanol–water partition coefficient (Wildman–Crippen LogP) is 3.25. The van der Waals surface area contributed by atoms with Crippen LogP contribution in [0.3, 0.4) is 0 Å². The minimum Gasteiger partial charge on any atom is -0.324 e. The third kappa shape index (κ3) is 2.81. The molecular weight excluding hydrogens is 236 g/mol. The van der Waals surface area contributed by atoms with E-state index in [9.17, 15) is 4.79 Å². The maximum atomic E-state index is 12.7. The smallest absolute Gasteiger partial charge is 0.230 e. The van der Waals surface area contributed by atoms with E-state index in [1.807, 2.05) is 23.1 Å². The first-order valence-corrected chi connectivity index (χ1v) is 7.34. The van der Waals surface area contributed by atoms with Crippen LogP contribution in [0.4, 0.5) is 5.69 Å². The van der Waals surface area contributed by atoms with Gasteiger partial charge in [0, 0.05) is 24.2 Å². The number of rotatable bonds is 3. The molecule has 1 aliphatic rings. The standard InChI is InChI=1S/C16H24N2O/c1-3-12(4-2)16(19)18-11-7-9-14(17)13-8-5-6-10-15(13)18/h5-6,8,10,12,14H,3-4,7,9,11,17H2,1-2H3. The van der Waals surface area contributed by atoms with Gasteiger partial charge in [-0.15, -0.1) is 0 Å². The van der Waals surface area contributed by atoms with Crippen molar-refractivity contribution in [3.8, 4) is 0 Å². The van der Waals surface area contributed by atoms with Crippen LogP contribution in [0.25, 0.3) is 0 Å². The number of benzene rings is 1. The van der Waals surface area contributed by atoms with Crippen molar-refractivity contribution >= 4 is 11.6 Å². The number of fused-ring (bicyclic) bond motifs is 1. The van der Waals surface area contributed by atoms with Crippen molar-refractivity contribution in [3.05, 3.63) is 29.8 Å². The minimum absolute atomic E-state index is 0.0516. The summed E-state index contributed by atoms with van der Waals surface area (Å²) in [6, 6.07) is 8.13. The number of carbonyl (C=O) groups is 1. The second-order valence-corrected chi connectivity index (χ2v) is 5.31. The molecule has 0 spiro atoms. The van der Waals surface area contributed by atoms with Gasteiger partial charge in [-0.2, -0.15) is 0 Å². The van der Waals surface area contributed by atoms with Gasteiger partial charge >= 0.3 is 0 Å². The number of nitrogens with two attached hydrogens (primary N) is 1. The second kappa shape index (κ2) is 6.20. The molecule has 0 saturated heterocycles. The molecule has 1 amide bonds. The van der Waals surface area contributed by atoms with Crippen molar-refractivity contribution in [2.24, 2.45) is 11.7 Å². The molecular formula is C16H24N2O. The SMILES string of the molecule is CCC(CC)C(=O)N1CCCC(N)c2ccccc21. The topological polar surface area (TPSA) is 46.3 Å². The Morgan fingerprint density at radius 1 is 1.37 bits per heavy atom. The minimum atomic E-state index is 0.0516. The molecule has 1 heterocycles. The lowest BCUT2D eigenvalue weighted by atomic mass is 10.00. The van der Waals surface area contributed by atoms with E-state index >= 15 is 0 Å². The normalized spacial score (nSPS) is 19.2. The molecule has 3 nitrogen and oxygen atoms in total. The molecule has 1 unspecified atom stereocenters. The van der Waals surface area contributed by atoms with Gasteiger partial charge in [-0.1, -0.05) is 32.0 Å². The Balaban J connectivity index is 2.35. The highest BCUT2D eigenvalue weighted by molar-refractivity contribution is 5.96. The van der Waals surface area contributed by atoms with E-state index in [0.29, 0.717) is 0 Å². The van der Waals surface area contributed by atoms with E-state index < -0.39 is 0 Å². The third-order valence-corrected chi connectivity index (χ3v) is 4.12. The molecule has 0 fully saturated rings. The number of hydrogen-bond acceptors (Lipinski definition) is 2. The highest BCUT2D eigenvalue weighted by atomic mass is 16.2. The molecule has 1 aromatic carbocycles. The van der Waals surface area contributed by atoms with E-state index in [4.69, 9.17) is 5.73 Å². The summed E-state index contributed by atoms with van der Waals surface area (Å²) in [6.45, 7) is 4.96. The van der Waals surface area contributed by atoms with Crippen molar-refractivity contribution in [3.63, 3.8) is 0 Å². The van der Waals surface area contributed by atoms with E-state index in [-0.39, 0.29) is 17.9 Å². The molecule has 0 bridgehead atoms. The Hall–Kier alpha value is -1.35. The molecule has 2 rings (SSSR count). The first kappa shape index (κ1) is 14.1. The Bertz CT molecular complexity index is 440. The zero-order valence-corrected chi connectivity index (χ0v) is 11.9. The Labute approximate surface area is 115 Å². The van der Waals surface area contributed by atoms with Crippen LogP contribution in [0.2, 0.25) is 0 Å². The second-order valence-electron chi connectivity index (χ2n) is 5.31. The van der Waals surface area contributed by atoms with Gasteiger partial charge in [-0.3, -0.25) is 4.79 Å². The molecule has 19 heavy (non-hydrogen) atoms. The van der Waals surface area contributed by atoms with Gasteiger partial charge in [0.15, 0.2) is 0 Å². The first-order chi connectivity index (χ1) is 9.19. The molecule has 1 aliphatic heterocycles. The summed E-state index contributed by atoms with van der Waals surface area (Å²) >= 11 is 0. The van der Waals surface area contributed by atoms with Gasteiger partial charge < -0.3 is 10.6 Å². The van der Waals surface area contributed by atoms with Crippen LogP contribution in [0.5, 0.6) is 0 Å². The molecule has 1 atom stereocenters. The zero-order chi connectivity index (χ0) is 13.8. The molecule has 104 valence electrons. The largest absolute Gasteiger partial charge is 0.324 e. The number of amides is 1. The number of para-hydroxylation sites is 1. The molecule has 0 aromatic heterocycles. The molecule has 3 heteroatoms. The Morgan fingerprint density at radius 3 is 2.74 bits per heavy atom. The molecule has 0 saturated carbocycles. The predicted molar refractivity (Wildman–Crippen MR) is 79.0 cm³/mol. The van der Waals surface area contributed by atoms with Crippen molar-refractivity contribution in [1.82, 2.24) is 0 Å². The fraction of sp³-hybridized carbons (Fsp3) is 0.562. The van der Waals surface area contributed by atoms with E-state index in [0.717, 1.165) is 43.5 Å². The molecule has 2 N–H and O–H groups in total. The average Bonchev–Trinajstić information content (AvgIpc) is 2.60. The summed E-state index contributed by atoms with van der Waals surface area (Å²) in [5.74, 6) is 0.383. The van der Waals surface area contributed by atoms with Crippen LogP contribution in [0.15, 0.2) is 24.3 Å². The molecule has 0 aliphatic carbocycles. The van der Waals surface area contributed by atoms with E-state index in [1.54, 1.807) is 0 Å². The number of nitrogens with zero attached hydrogens (tertiary/aromatic N) is 1. The van der Waals surface area contributed by atoms with Gasteiger partial charge in [0.25, 0.3) is 0 Å². The number of hydrogen-bond donors (Lipinski definition) is 1. The monoisotopic (exact) mass is 260 g/mol. The maximum absolute atomic E-state index is 12.7. The maximum Gasteiger partial charge on any atom is 0.230 e.